The van der Waals surface area contributed by atoms with Crippen LogP contribution in [0, 0.1) is 0 Å². The number of hydrogen-bond acceptors (Lipinski definition) is 2. The Morgan fingerprint density at radius 3 is 0.767 bits per heavy atom. The Kier molecular flexibility index (Phi) is 16.4. The minimum Gasteiger partial charge on any atom is -0.475 e. The molecule has 4 nitrogen and oxygen atoms in total. The molecule has 4 aromatic carbocycles. The smallest absolute Gasteiger partial charge is 0.475 e. The van der Waals surface area contributed by atoms with Gasteiger partial charge in [-0.3, -0.25) is 0 Å². The van der Waals surface area contributed by atoms with Gasteiger partial charge in [-0.2, -0.15) is 26.3 Å². The first-order valence-electron chi connectivity index (χ1n) is 12.2. The molecule has 0 unspecified atom stereocenters. The van der Waals surface area contributed by atoms with E-state index >= 15 is 0 Å². The number of carbonyl (C=O) groups is 2. The van der Waals surface area contributed by atoms with E-state index in [1.807, 2.05) is 0 Å². The first-order chi connectivity index (χ1) is 19.8. The molecule has 0 fully saturated rings. The fraction of sp³-hybridized carbons (Fsp3) is 0.133. The quantitative estimate of drug-likeness (QED) is 0.129. The Morgan fingerprint density at radius 2 is 0.628 bits per heavy atom. The molecule has 0 aliphatic heterocycles. The van der Waals surface area contributed by atoms with Crippen molar-refractivity contribution in [1.29, 1.82) is 0 Å². The summed E-state index contributed by atoms with van der Waals surface area (Å²) >= 11 is 0. The molecule has 0 atom stereocenters. The summed E-state index contributed by atoms with van der Waals surface area (Å²) in [6.45, 7) is 0. The van der Waals surface area contributed by atoms with Gasteiger partial charge in [0.05, 0.1) is 0 Å². The summed E-state index contributed by atoms with van der Waals surface area (Å²) in [5.41, 5.74) is 0. The van der Waals surface area contributed by atoms with Crippen molar-refractivity contribution in [3.8, 4) is 0 Å². The standard InChI is InChI=1S/C26H24P2.2C2HF3O2.Pd/c1-5-13-23(14-6-1)27(24-15-7-2-8-16-24)21-22-28(25-17-9-3-10-18-25)26-19-11-4-12-20-26;2*3-2(4,5)1(6)7;/h1-20H,21-22H2;2*(H,6,7);. The van der Waals surface area contributed by atoms with Crippen LogP contribution in [0.3, 0.4) is 0 Å². The van der Waals surface area contributed by atoms with Gasteiger partial charge in [0.1, 0.15) is 0 Å². The molecule has 0 saturated heterocycles. The molecule has 0 heterocycles. The van der Waals surface area contributed by atoms with E-state index in [0.29, 0.717) is 0 Å². The number of hydrogen-bond donors (Lipinski definition) is 2. The van der Waals surface area contributed by atoms with Crippen LogP contribution in [0.2, 0.25) is 0 Å². The normalized spacial score (nSPS) is 10.9. The van der Waals surface area contributed by atoms with Crippen molar-refractivity contribution in [1.82, 2.24) is 0 Å². The average Bonchev–Trinajstić information content (AvgIpc) is 2.97. The topological polar surface area (TPSA) is 74.6 Å². The van der Waals surface area contributed by atoms with Crippen LogP contribution >= 0.6 is 15.8 Å². The van der Waals surface area contributed by atoms with Crippen LogP contribution in [0.4, 0.5) is 26.3 Å². The number of halogens is 6. The summed E-state index contributed by atoms with van der Waals surface area (Å²) in [4.78, 5) is 17.8. The van der Waals surface area contributed by atoms with E-state index in [1.54, 1.807) is 0 Å². The SMILES string of the molecule is O=C(O)C(F)(F)F.O=C(O)C(F)(F)F.[Pd].c1ccc(P(CCP(c2ccccc2)c2ccccc2)c2ccccc2)cc1. The average molecular weight is 733 g/mol. The number of carboxylic acid groups (broad SMARTS) is 2. The first-order valence-corrected chi connectivity index (χ1v) is 15.2. The summed E-state index contributed by atoms with van der Waals surface area (Å²) in [5, 5.41) is 20.1. The van der Waals surface area contributed by atoms with E-state index < -0.39 is 24.3 Å². The minimum atomic E-state index is -5.08. The molecule has 2 N–H and O–H groups in total. The van der Waals surface area contributed by atoms with Crippen molar-refractivity contribution in [2.24, 2.45) is 0 Å². The molecule has 0 amide bonds. The molecule has 13 heteroatoms. The van der Waals surface area contributed by atoms with Gasteiger partial charge in [-0.1, -0.05) is 121 Å². The molecule has 4 aromatic rings. The van der Waals surface area contributed by atoms with Crippen LogP contribution in [-0.4, -0.2) is 46.8 Å². The number of aliphatic carboxylic acids is 2. The molecule has 0 aliphatic rings. The number of benzene rings is 4. The summed E-state index contributed by atoms with van der Waals surface area (Å²) in [6.07, 6.45) is -7.75. The van der Waals surface area contributed by atoms with Crippen molar-refractivity contribution < 1.29 is 66.6 Å². The third-order valence-corrected chi connectivity index (χ3v) is 10.7. The van der Waals surface area contributed by atoms with Gasteiger partial charge in [0.25, 0.3) is 0 Å². The van der Waals surface area contributed by atoms with Gasteiger partial charge in [0.15, 0.2) is 0 Å². The zero-order valence-electron chi connectivity index (χ0n) is 22.2. The van der Waals surface area contributed by atoms with E-state index in [0.717, 1.165) is 0 Å². The summed E-state index contributed by atoms with van der Waals surface area (Å²) < 4.78 is 63.5. The van der Waals surface area contributed by atoms with Crippen molar-refractivity contribution in [2.75, 3.05) is 12.3 Å². The van der Waals surface area contributed by atoms with Crippen molar-refractivity contribution in [2.45, 2.75) is 12.4 Å². The van der Waals surface area contributed by atoms with E-state index in [2.05, 4.69) is 121 Å². The van der Waals surface area contributed by atoms with Gasteiger partial charge >= 0.3 is 24.3 Å². The first kappa shape index (κ1) is 37.9. The van der Waals surface area contributed by atoms with E-state index in [-0.39, 0.29) is 36.3 Å². The van der Waals surface area contributed by atoms with Gasteiger partial charge in [-0.15, -0.1) is 0 Å². The fourth-order valence-electron chi connectivity index (χ4n) is 3.45. The van der Waals surface area contributed by atoms with Gasteiger partial charge in [0, 0.05) is 20.4 Å². The van der Waals surface area contributed by atoms with E-state index in [4.69, 9.17) is 19.8 Å². The third kappa shape index (κ3) is 13.8. The molecule has 0 aromatic heterocycles. The summed E-state index contributed by atoms with van der Waals surface area (Å²) in [5.74, 6) is -5.51. The van der Waals surface area contributed by atoms with Crippen LogP contribution in [0.15, 0.2) is 121 Å². The van der Waals surface area contributed by atoms with Gasteiger partial charge < -0.3 is 10.2 Å². The Hall–Kier alpha value is -3.08. The monoisotopic (exact) mass is 732 g/mol. The fourth-order valence-corrected chi connectivity index (χ4v) is 8.80. The molecule has 0 saturated carbocycles. The van der Waals surface area contributed by atoms with E-state index in [9.17, 15) is 26.3 Å². The zero-order valence-corrected chi connectivity index (χ0v) is 25.5. The molecule has 4 rings (SSSR count). The Labute approximate surface area is 260 Å². The molecular weight excluding hydrogens is 707 g/mol. The van der Waals surface area contributed by atoms with Gasteiger partial charge in [-0.05, 0) is 49.4 Å². The van der Waals surface area contributed by atoms with Crippen molar-refractivity contribution in [3.05, 3.63) is 121 Å². The Morgan fingerprint density at radius 1 is 0.465 bits per heavy atom. The van der Waals surface area contributed by atoms with Gasteiger partial charge in [-0.25, -0.2) is 9.59 Å². The molecule has 0 bridgehead atoms. The molecule has 232 valence electrons. The van der Waals surface area contributed by atoms with Crippen LogP contribution in [-0.2, 0) is 30.0 Å². The summed E-state index contributed by atoms with van der Waals surface area (Å²) in [6, 6.07) is 44.2. The number of rotatable bonds is 7. The predicted molar refractivity (Wildman–Crippen MR) is 155 cm³/mol. The maximum absolute atomic E-state index is 10.6. The maximum Gasteiger partial charge on any atom is 0.490 e. The van der Waals surface area contributed by atoms with Crippen LogP contribution < -0.4 is 21.2 Å². The van der Waals surface area contributed by atoms with Crippen molar-refractivity contribution in [3.63, 3.8) is 0 Å². The van der Waals surface area contributed by atoms with Crippen LogP contribution in [0.1, 0.15) is 0 Å². The van der Waals surface area contributed by atoms with Gasteiger partial charge in [0.2, 0.25) is 0 Å². The summed E-state index contributed by atoms with van der Waals surface area (Å²) in [7, 11) is -0.696. The molecule has 0 spiro atoms. The second-order valence-electron chi connectivity index (χ2n) is 8.25. The minimum absolute atomic E-state index is 0. The Balaban J connectivity index is 0.000000516. The van der Waals surface area contributed by atoms with E-state index in [1.165, 1.54) is 33.5 Å². The Bertz CT molecular complexity index is 1180. The molecule has 0 radical (unpaired) electrons. The largest absolute Gasteiger partial charge is 0.490 e. The zero-order chi connectivity index (χ0) is 31.2. The second kappa shape index (κ2) is 18.6. The van der Waals surface area contributed by atoms with Crippen LogP contribution in [0.25, 0.3) is 0 Å². The molecule has 43 heavy (non-hydrogen) atoms. The predicted octanol–water partition coefficient (Wildman–Crippen LogP) is 6.52. The molecular formula is C30H26F6O4P2Pd. The number of alkyl halides is 6. The third-order valence-electron chi connectivity index (χ3n) is 5.30. The number of carboxylic acids is 2. The molecule has 0 aliphatic carbocycles. The second-order valence-corrected chi connectivity index (χ2v) is 12.9. The maximum atomic E-state index is 10.6. The van der Waals surface area contributed by atoms with Crippen LogP contribution in [0.5, 0.6) is 0 Å². The van der Waals surface area contributed by atoms with Crippen molar-refractivity contribution >= 4 is 49.0 Å².